The number of nitrogens with one attached hydrogen (secondary N) is 1. The zero-order chi connectivity index (χ0) is 12.0. The Morgan fingerprint density at radius 3 is 2.88 bits per heavy atom. The number of rotatable bonds is 2. The van der Waals surface area contributed by atoms with Crippen LogP contribution in [0, 0.1) is 0 Å². The Bertz CT molecular complexity index is 416. The molecule has 1 aromatic heterocycles. The summed E-state index contributed by atoms with van der Waals surface area (Å²) >= 11 is 0. The first-order valence-corrected chi connectivity index (χ1v) is 6.36. The van der Waals surface area contributed by atoms with Gasteiger partial charge in [0.15, 0.2) is 0 Å². The van der Waals surface area contributed by atoms with Gasteiger partial charge in [-0.3, -0.25) is 4.68 Å². The molecule has 2 N–H and O–H groups in total. The highest BCUT2D eigenvalue weighted by molar-refractivity contribution is 6.45. The molecule has 0 radical (unpaired) electrons. The summed E-state index contributed by atoms with van der Waals surface area (Å²) in [5, 5.41) is 17.7. The summed E-state index contributed by atoms with van der Waals surface area (Å²) in [5.41, 5.74) is 2.48. The zero-order valence-corrected chi connectivity index (χ0v) is 10.4. The van der Waals surface area contributed by atoms with Gasteiger partial charge in [0.05, 0.1) is 11.7 Å². The Hall–Kier alpha value is -0.845. The first-order valence-electron chi connectivity index (χ1n) is 6.36. The number of nitrogens with zero attached hydrogens (tertiary/aromatic N) is 3. The maximum atomic E-state index is 9.73. The second-order valence-corrected chi connectivity index (χ2v) is 5.25. The largest absolute Gasteiger partial charge is 0.437 e. The van der Waals surface area contributed by atoms with E-state index in [0.717, 1.165) is 31.7 Å². The normalized spacial score (nSPS) is 25.5. The lowest BCUT2D eigenvalue weighted by Gasteiger charge is -2.33. The van der Waals surface area contributed by atoms with E-state index >= 15 is 0 Å². The molecule has 2 aliphatic rings. The van der Waals surface area contributed by atoms with Gasteiger partial charge in [-0.05, 0) is 18.8 Å². The Balaban J connectivity index is 1.83. The lowest BCUT2D eigenvalue weighted by molar-refractivity contribution is 0.268. The van der Waals surface area contributed by atoms with Crippen molar-refractivity contribution >= 4 is 7.05 Å². The Labute approximate surface area is 102 Å². The van der Waals surface area contributed by atoms with E-state index in [-0.39, 0.29) is 0 Å². The van der Waals surface area contributed by atoms with Gasteiger partial charge in [0.1, 0.15) is 0 Å². The van der Waals surface area contributed by atoms with Crippen molar-refractivity contribution in [1.82, 2.24) is 19.9 Å². The molecule has 2 aliphatic heterocycles. The van der Waals surface area contributed by atoms with Gasteiger partial charge in [-0.15, -0.1) is 0 Å². The van der Waals surface area contributed by atoms with Crippen LogP contribution in [0.5, 0.6) is 0 Å². The molecule has 0 aliphatic carbocycles. The highest BCUT2D eigenvalue weighted by Gasteiger charge is 2.31. The minimum atomic E-state index is -0.395. The fourth-order valence-electron chi connectivity index (χ4n) is 2.68. The van der Waals surface area contributed by atoms with Gasteiger partial charge in [-0.25, -0.2) is 0 Å². The molecule has 6 heteroatoms. The zero-order valence-electron chi connectivity index (χ0n) is 10.4. The van der Waals surface area contributed by atoms with Crippen LogP contribution in [-0.4, -0.2) is 45.8 Å². The van der Waals surface area contributed by atoms with Gasteiger partial charge in [-0.2, -0.15) is 5.10 Å². The molecule has 3 heterocycles. The number of hydrogen-bond donors (Lipinski definition) is 2. The number of hydrogen-bond acceptors (Lipinski definition) is 4. The van der Waals surface area contributed by atoms with Gasteiger partial charge in [0.25, 0.3) is 0 Å². The summed E-state index contributed by atoms with van der Waals surface area (Å²) < 4.78 is 2.10. The molecule has 1 saturated heterocycles. The Morgan fingerprint density at radius 1 is 1.53 bits per heavy atom. The van der Waals surface area contributed by atoms with Gasteiger partial charge in [-0.1, -0.05) is 6.92 Å². The van der Waals surface area contributed by atoms with E-state index in [1.54, 1.807) is 0 Å². The second kappa shape index (κ2) is 4.12. The van der Waals surface area contributed by atoms with Crippen LogP contribution in [0.1, 0.15) is 24.2 Å². The third-order valence-electron chi connectivity index (χ3n) is 3.92. The molecule has 1 atom stereocenters. The molecule has 0 unspecified atom stereocenters. The van der Waals surface area contributed by atoms with E-state index in [9.17, 15) is 5.02 Å². The summed E-state index contributed by atoms with van der Waals surface area (Å²) in [7, 11) is -0.395. The van der Waals surface area contributed by atoms with Crippen LogP contribution in [0.3, 0.4) is 0 Å². The van der Waals surface area contributed by atoms with Crippen molar-refractivity contribution in [1.29, 1.82) is 0 Å². The standard InChI is InChI=1S/C11H19BN4O/c1-8-3-9-6-16(10-4-13-5-10)14-11(9)7-15(8)12(2)17/h6,8,10,13,17H,3-5,7H2,1-2H3/t8-/m1/s1. The van der Waals surface area contributed by atoms with Crippen molar-refractivity contribution in [2.75, 3.05) is 13.1 Å². The summed E-state index contributed by atoms with van der Waals surface area (Å²) in [6.45, 7) is 6.81. The van der Waals surface area contributed by atoms with Crippen LogP contribution >= 0.6 is 0 Å². The van der Waals surface area contributed by atoms with Gasteiger partial charge in [0, 0.05) is 31.9 Å². The molecular formula is C11H19BN4O. The van der Waals surface area contributed by atoms with Crippen LogP contribution < -0.4 is 5.32 Å². The lowest BCUT2D eigenvalue weighted by atomic mass is 9.80. The Morgan fingerprint density at radius 2 is 2.29 bits per heavy atom. The third kappa shape index (κ3) is 1.90. The highest BCUT2D eigenvalue weighted by Crippen LogP contribution is 2.24. The van der Waals surface area contributed by atoms with Gasteiger partial charge in [0.2, 0.25) is 0 Å². The van der Waals surface area contributed by atoms with Crippen molar-refractivity contribution in [2.24, 2.45) is 0 Å². The first-order chi connectivity index (χ1) is 8.15. The minimum Gasteiger partial charge on any atom is -0.437 e. The molecule has 0 saturated carbocycles. The van der Waals surface area contributed by atoms with Gasteiger partial charge < -0.3 is 15.2 Å². The minimum absolute atomic E-state index is 0.389. The second-order valence-electron chi connectivity index (χ2n) is 5.25. The molecule has 1 fully saturated rings. The van der Waals surface area contributed by atoms with E-state index in [4.69, 9.17) is 0 Å². The van der Waals surface area contributed by atoms with E-state index < -0.39 is 7.05 Å². The van der Waals surface area contributed by atoms with E-state index in [0.29, 0.717) is 12.1 Å². The van der Waals surface area contributed by atoms with E-state index in [1.165, 1.54) is 5.56 Å². The monoisotopic (exact) mass is 234 g/mol. The third-order valence-corrected chi connectivity index (χ3v) is 3.92. The summed E-state index contributed by atoms with van der Waals surface area (Å²) in [5.74, 6) is 0. The van der Waals surface area contributed by atoms with Crippen LogP contribution in [0.2, 0.25) is 6.82 Å². The van der Waals surface area contributed by atoms with E-state index in [2.05, 4.69) is 33.0 Å². The Kier molecular flexibility index (Phi) is 2.73. The average Bonchev–Trinajstić information content (AvgIpc) is 2.55. The number of fused-ring (bicyclic) bond motifs is 1. The average molecular weight is 234 g/mol. The first kappa shape index (κ1) is 11.3. The molecule has 3 rings (SSSR count). The molecule has 17 heavy (non-hydrogen) atoms. The molecule has 1 aromatic rings. The van der Waals surface area contributed by atoms with Crippen LogP contribution in [0.4, 0.5) is 0 Å². The van der Waals surface area contributed by atoms with Crippen molar-refractivity contribution in [2.45, 2.75) is 38.8 Å². The van der Waals surface area contributed by atoms with Crippen LogP contribution in [0.25, 0.3) is 0 Å². The molecular weight excluding hydrogens is 215 g/mol. The van der Waals surface area contributed by atoms with Gasteiger partial charge >= 0.3 is 7.05 Å². The molecule has 0 amide bonds. The van der Waals surface area contributed by atoms with E-state index in [1.807, 2.05) is 6.82 Å². The van der Waals surface area contributed by atoms with Crippen molar-refractivity contribution in [3.8, 4) is 0 Å². The number of aromatic nitrogens is 2. The summed E-state index contributed by atoms with van der Waals surface area (Å²) in [6, 6.07) is 0.913. The molecule has 0 spiro atoms. The molecule has 0 aromatic carbocycles. The summed E-state index contributed by atoms with van der Waals surface area (Å²) in [4.78, 5) is 2.10. The molecule has 0 bridgehead atoms. The van der Waals surface area contributed by atoms with Crippen molar-refractivity contribution < 1.29 is 5.02 Å². The predicted molar refractivity (Wildman–Crippen MR) is 66.7 cm³/mol. The maximum Gasteiger partial charge on any atom is 0.376 e. The fourth-order valence-corrected chi connectivity index (χ4v) is 2.68. The SMILES string of the molecule is CB(O)N1Cc2nn(C3CNC3)cc2C[C@H]1C. The highest BCUT2D eigenvalue weighted by atomic mass is 16.2. The van der Waals surface area contributed by atoms with Crippen LogP contribution in [0.15, 0.2) is 6.20 Å². The fraction of sp³-hybridized carbons (Fsp3) is 0.727. The predicted octanol–water partition coefficient (Wildman–Crippen LogP) is -0.116. The smallest absolute Gasteiger partial charge is 0.376 e. The topological polar surface area (TPSA) is 53.3 Å². The molecule has 92 valence electrons. The quantitative estimate of drug-likeness (QED) is 0.701. The van der Waals surface area contributed by atoms with Crippen molar-refractivity contribution in [3.05, 3.63) is 17.5 Å². The summed E-state index contributed by atoms with van der Waals surface area (Å²) in [6.07, 6.45) is 3.18. The van der Waals surface area contributed by atoms with Crippen molar-refractivity contribution in [3.63, 3.8) is 0 Å². The maximum absolute atomic E-state index is 9.73. The molecule has 5 nitrogen and oxygen atoms in total. The lowest BCUT2D eigenvalue weighted by Crippen LogP contribution is -2.46. The van der Waals surface area contributed by atoms with Crippen LogP contribution in [-0.2, 0) is 13.0 Å².